The van der Waals surface area contributed by atoms with Crippen molar-refractivity contribution in [1.82, 2.24) is 0 Å². The van der Waals surface area contributed by atoms with Crippen molar-refractivity contribution in [2.75, 3.05) is 6.61 Å². The summed E-state index contributed by atoms with van der Waals surface area (Å²) in [5, 5.41) is 0. The number of allylic oxidation sites excluding steroid dienone is 3. The van der Waals surface area contributed by atoms with Crippen LogP contribution in [0.4, 0.5) is 0 Å². The van der Waals surface area contributed by atoms with Gasteiger partial charge in [0.1, 0.15) is 12.4 Å². The number of hydrogen-bond donors (Lipinski definition) is 0. The van der Waals surface area contributed by atoms with Gasteiger partial charge in [0.25, 0.3) is 0 Å². The van der Waals surface area contributed by atoms with Crippen molar-refractivity contribution >= 4 is 15.9 Å². The summed E-state index contributed by atoms with van der Waals surface area (Å²) < 4.78 is 6.69. The average molecular weight is 275 g/mol. The molecule has 0 saturated heterocycles. The van der Waals surface area contributed by atoms with Crippen LogP contribution >= 0.6 is 15.9 Å². The van der Waals surface area contributed by atoms with Crippen LogP contribution in [0.25, 0.3) is 0 Å². The summed E-state index contributed by atoms with van der Waals surface area (Å²) in [6.07, 6.45) is 9.76. The molecule has 0 saturated carbocycles. The quantitative estimate of drug-likeness (QED) is 0.756. The molecule has 80 valence electrons. The summed E-state index contributed by atoms with van der Waals surface area (Å²) in [4.78, 5) is 0. The molecule has 2 rings (SSSR count). The number of rotatable bonds is 3. The Morgan fingerprint density at radius 2 is 2.19 bits per heavy atom. The first-order valence-electron chi connectivity index (χ1n) is 5.01. The number of hydrogen-bond acceptors (Lipinski definition) is 1. The molecule has 1 aliphatic carbocycles. The van der Waals surface area contributed by atoms with Crippen molar-refractivity contribution in [2.24, 2.45) is 0 Å². The molecule has 1 aliphatic rings. The van der Waals surface area contributed by atoms with E-state index >= 15 is 0 Å². The van der Waals surface area contributed by atoms with Gasteiger partial charge in [-0.05, 0) is 35.9 Å². The van der Waals surface area contributed by atoms with E-state index in [1.165, 1.54) is 0 Å². The minimum Gasteiger partial charge on any atom is -0.489 e. The van der Waals surface area contributed by atoms with Gasteiger partial charge in [-0.3, -0.25) is 0 Å². The van der Waals surface area contributed by atoms with Crippen LogP contribution in [0.1, 0.15) is 0 Å². The predicted molar refractivity (Wildman–Crippen MR) is 69.5 cm³/mol. The molecule has 0 aromatic heterocycles. The second-order valence-corrected chi connectivity index (χ2v) is 4.27. The Bertz CT molecular complexity index is 491. The summed E-state index contributed by atoms with van der Waals surface area (Å²) in [7, 11) is 0. The highest BCUT2D eigenvalue weighted by Gasteiger charge is 1.97. The lowest BCUT2D eigenvalue weighted by atomic mass is 10.2. The van der Waals surface area contributed by atoms with E-state index in [2.05, 4.69) is 21.7 Å². The molecule has 0 bridgehead atoms. The zero-order chi connectivity index (χ0) is 11.2. The summed E-state index contributed by atoms with van der Waals surface area (Å²) in [5.41, 5.74) is 4.15. The van der Waals surface area contributed by atoms with Crippen LogP contribution in [0.3, 0.4) is 0 Å². The van der Waals surface area contributed by atoms with Crippen molar-refractivity contribution in [3.05, 3.63) is 70.4 Å². The molecule has 0 spiro atoms. The van der Waals surface area contributed by atoms with Gasteiger partial charge in [0.2, 0.25) is 0 Å². The lowest BCUT2D eigenvalue weighted by Gasteiger charge is -2.06. The van der Waals surface area contributed by atoms with Gasteiger partial charge < -0.3 is 4.74 Å². The molecule has 0 unspecified atom stereocenters. The Kier molecular flexibility index (Phi) is 3.81. The van der Waals surface area contributed by atoms with Crippen LogP contribution in [0.5, 0.6) is 5.75 Å². The third-order valence-electron chi connectivity index (χ3n) is 2.08. The minimum atomic E-state index is 0.557. The van der Waals surface area contributed by atoms with Crippen LogP contribution in [0, 0.1) is 0 Å². The smallest absolute Gasteiger partial charge is 0.120 e. The first-order valence-corrected chi connectivity index (χ1v) is 5.80. The Morgan fingerprint density at radius 3 is 3.06 bits per heavy atom. The van der Waals surface area contributed by atoms with Gasteiger partial charge in [-0.2, -0.15) is 0 Å². The van der Waals surface area contributed by atoms with Gasteiger partial charge in [-0.15, -0.1) is 5.73 Å². The molecule has 0 N–H and O–H groups in total. The SMILES string of the molecule is Brc1cccc(OCC2=CC=CC=C=C2)c1. The van der Waals surface area contributed by atoms with Gasteiger partial charge in [-0.25, -0.2) is 0 Å². The second-order valence-electron chi connectivity index (χ2n) is 3.35. The Hall–Kier alpha value is -1.50. The maximum atomic E-state index is 5.66. The van der Waals surface area contributed by atoms with Crippen LogP contribution in [0.2, 0.25) is 0 Å². The van der Waals surface area contributed by atoms with Crippen LogP contribution in [-0.4, -0.2) is 6.61 Å². The van der Waals surface area contributed by atoms with Crippen LogP contribution in [-0.2, 0) is 0 Å². The van der Waals surface area contributed by atoms with E-state index in [1.54, 1.807) is 0 Å². The Morgan fingerprint density at radius 1 is 1.25 bits per heavy atom. The predicted octanol–water partition coefficient (Wildman–Crippen LogP) is 4.04. The van der Waals surface area contributed by atoms with E-state index in [9.17, 15) is 0 Å². The fourth-order valence-corrected chi connectivity index (χ4v) is 1.68. The molecule has 0 radical (unpaired) electrons. The van der Waals surface area contributed by atoms with E-state index in [-0.39, 0.29) is 0 Å². The maximum absolute atomic E-state index is 5.66. The number of halogens is 1. The lowest BCUT2D eigenvalue weighted by molar-refractivity contribution is 0.355. The zero-order valence-corrected chi connectivity index (χ0v) is 10.3. The highest BCUT2D eigenvalue weighted by Crippen LogP contribution is 2.18. The Balaban J connectivity index is 2.00. The molecule has 2 heteroatoms. The molecule has 0 atom stereocenters. The molecule has 0 aliphatic heterocycles. The highest BCUT2D eigenvalue weighted by molar-refractivity contribution is 9.10. The van der Waals surface area contributed by atoms with Gasteiger partial charge >= 0.3 is 0 Å². The van der Waals surface area contributed by atoms with E-state index in [1.807, 2.05) is 54.6 Å². The lowest BCUT2D eigenvalue weighted by Crippen LogP contribution is -1.98. The van der Waals surface area contributed by atoms with Gasteiger partial charge in [0, 0.05) is 4.47 Å². The molecule has 0 heterocycles. The monoisotopic (exact) mass is 274 g/mol. The van der Waals surface area contributed by atoms with Crippen LogP contribution < -0.4 is 4.74 Å². The largest absolute Gasteiger partial charge is 0.489 e. The van der Waals surface area contributed by atoms with E-state index < -0.39 is 0 Å². The van der Waals surface area contributed by atoms with E-state index in [4.69, 9.17) is 4.74 Å². The van der Waals surface area contributed by atoms with E-state index in [0.717, 1.165) is 15.8 Å². The summed E-state index contributed by atoms with van der Waals surface area (Å²) in [6, 6.07) is 7.82. The minimum absolute atomic E-state index is 0.557. The van der Waals surface area contributed by atoms with Crippen LogP contribution in [0.15, 0.2) is 70.4 Å². The topological polar surface area (TPSA) is 9.23 Å². The summed E-state index contributed by atoms with van der Waals surface area (Å²) >= 11 is 3.41. The first kappa shape index (κ1) is 11.0. The molecular formula is C14H11BrO. The third kappa shape index (κ3) is 3.27. The van der Waals surface area contributed by atoms with Crippen molar-refractivity contribution < 1.29 is 4.74 Å². The molecule has 1 aromatic carbocycles. The van der Waals surface area contributed by atoms with Crippen molar-refractivity contribution in [3.8, 4) is 5.75 Å². The second kappa shape index (κ2) is 5.55. The Labute approximate surface area is 104 Å². The van der Waals surface area contributed by atoms with Gasteiger partial charge in [0.15, 0.2) is 0 Å². The molecule has 16 heavy (non-hydrogen) atoms. The van der Waals surface area contributed by atoms with Crippen molar-refractivity contribution in [2.45, 2.75) is 0 Å². The molecule has 0 amide bonds. The molecule has 1 nitrogen and oxygen atoms in total. The summed E-state index contributed by atoms with van der Waals surface area (Å²) in [5.74, 6) is 0.862. The van der Waals surface area contributed by atoms with Gasteiger partial charge in [-0.1, -0.05) is 40.2 Å². The summed E-state index contributed by atoms with van der Waals surface area (Å²) in [6.45, 7) is 0.557. The first-order chi connectivity index (χ1) is 7.84. The molecular weight excluding hydrogens is 264 g/mol. The fraction of sp³-hybridized carbons (Fsp3) is 0.0714. The maximum Gasteiger partial charge on any atom is 0.120 e. The highest BCUT2D eigenvalue weighted by atomic mass is 79.9. The number of ether oxygens (including phenoxy) is 1. The standard InChI is InChI=1S/C14H11BrO/c15-13-8-5-9-14(10-13)16-11-12-6-3-1-2-4-7-12/h1-3,5-10H,11H2. The van der Waals surface area contributed by atoms with E-state index in [0.29, 0.717) is 6.61 Å². The fourth-order valence-electron chi connectivity index (χ4n) is 1.31. The van der Waals surface area contributed by atoms with Crippen molar-refractivity contribution in [3.63, 3.8) is 0 Å². The normalized spacial score (nSPS) is 13.4. The zero-order valence-electron chi connectivity index (χ0n) is 8.69. The van der Waals surface area contributed by atoms with Gasteiger partial charge in [0.05, 0.1) is 0 Å². The number of benzene rings is 1. The van der Waals surface area contributed by atoms with Crippen molar-refractivity contribution in [1.29, 1.82) is 0 Å². The molecule has 0 fully saturated rings. The third-order valence-corrected chi connectivity index (χ3v) is 2.58. The molecule has 1 aromatic rings. The average Bonchev–Trinajstić information content (AvgIpc) is 2.55.